The first kappa shape index (κ1) is 11.6. The van der Waals surface area contributed by atoms with Crippen LogP contribution in [0.15, 0.2) is 29.0 Å². The highest BCUT2D eigenvalue weighted by Gasteiger charge is 2.08. The molecule has 90 valence electrons. The third-order valence-electron chi connectivity index (χ3n) is 2.78. The van der Waals surface area contributed by atoms with E-state index in [2.05, 4.69) is 10.3 Å². The van der Waals surface area contributed by atoms with Gasteiger partial charge in [-0.05, 0) is 31.0 Å². The van der Waals surface area contributed by atoms with Gasteiger partial charge in [0.2, 0.25) is 5.91 Å². The Kier molecular flexibility index (Phi) is 3.42. The number of carbonyl (C=O) groups excluding carboxylic acids is 1. The minimum absolute atomic E-state index is 0.0400. The standard InChI is InChI=1S/C13H16N2O2/c1-3-9(2)15-13(16)7-10-4-5-11-12(6-10)17-8-14-11/h4-6,8-9H,3,7H2,1-2H3,(H,15,16). The lowest BCUT2D eigenvalue weighted by atomic mass is 10.1. The number of carbonyl (C=O) groups is 1. The highest BCUT2D eigenvalue weighted by molar-refractivity contribution is 5.81. The SMILES string of the molecule is CCC(C)NC(=O)Cc1ccc2ncoc2c1. The fourth-order valence-corrected chi connectivity index (χ4v) is 1.62. The van der Waals surface area contributed by atoms with E-state index in [1.54, 1.807) is 0 Å². The van der Waals surface area contributed by atoms with Crippen LogP contribution < -0.4 is 5.32 Å². The van der Waals surface area contributed by atoms with Crippen molar-refractivity contribution in [2.75, 3.05) is 0 Å². The summed E-state index contributed by atoms with van der Waals surface area (Å²) in [4.78, 5) is 15.7. The fraction of sp³-hybridized carbons (Fsp3) is 0.385. The lowest BCUT2D eigenvalue weighted by Gasteiger charge is -2.11. The smallest absolute Gasteiger partial charge is 0.224 e. The zero-order chi connectivity index (χ0) is 12.3. The molecule has 0 saturated heterocycles. The number of nitrogens with zero attached hydrogens (tertiary/aromatic N) is 1. The van der Waals surface area contributed by atoms with Gasteiger partial charge in [-0.25, -0.2) is 4.98 Å². The first-order valence-electron chi connectivity index (χ1n) is 5.80. The van der Waals surface area contributed by atoms with Gasteiger partial charge in [-0.15, -0.1) is 0 Å². The second-order valence-electron chi connectivity index (χ2n) is 4.21. The summed E-state index contributed by atoms with van der Waals surface area (Å²) in [6, 6.07) is 5.85. The van der Waals surface area contributed by atoms with E-state index in [0.717, 1.165) is 23.1 Å². The van der Waals surface area contributed by atoms with Crippen LogP contribution in [-0.4, -0.2) is 16.9 Å². The van der Waals surface area contributed by atoms with Gasteiger partial charge >= 0.3 is 0 Å². The van der Waals surface area contributed by atoms with Crippen molar-refractivity contribution in [3.8, 4) is 0 Å². The summed E-state index contributed by atoms with van der Waals surface area (Å²) in [6.07, 6.45) is 2.72. The van der Waals surface area contributed by atoms with Crippen LogP contribution in [0.5, 0.6) is 0 Å². The molecule has 0 aliphatic rings. The number of nitrogens with one attached hydrogen (secondary N) is 1. The lowest BCUT2D eigenvalue weighted by molar-refractivity contribution is -0.121. The number of amides is 1. The molecule has 4 nitrogen and oxygen atoms in total. The van der Waals surface area contributed by atoms with Crippen LogP contribution in [-0.2, 0) is 11.2 Å². The van der Waals surface area contributed by atoms with Gasteiger partial charge in [0.25, 0.3) is 0 Å². The summed E-state index contributed by atoms with van der Waals surface area (Å²) in [7, 11) is 0. The van der Waals surface area contributed by atoms with Crippen molar-refractivity contribution in [1.29, 1.82) is 0 Å². The Balaban J connectivity index is 2.05. The maximum absolute atomic E-state index is 11.7. The molecule has 0 saturated carbocycles. The van der Waals surface area contributed by atoms with Gasteiger partial charge in [0.05, 0.1) is 6.42 Å². The van der Waals surface area contributed by atoms with Crippen molar-refractivity contribution in [3.63, 3.8) is 0 Å². The van der Waals surface area contributed by atoms with Crippen molar-refractivity contribution in [3.05, 3.63) is 30.2 Å². The quantitative estimate of drug-likeness (QED) is 0.879. The molecule has 1 unspecified atom stereocenters. The Morgan fingerprint density at radius 1 is 1.53 bits per heavy atom. The number of oxazole rings is 1. The van der Waals surface area contributed by atoms with Crippen molar-refractivity contribution >= 4 is 17.0 Å². The average Bonchev–Trinajstić information content (AvgIpc) is 2.75. The predicted octanol–water partition coefficient (Wildman–Crippen LogP) is 2.29. The van der Waals surface area contributed by atoms with E-state index in [4.69, 9.17) is 4.42 Å². The van der Waals surface area contributed by atoms with Crippen LogP contribution in [0.3, 0.4) is 0 Å². The normalized spacial score (nSPS) is 12.6. The Morgan fingerprint density at radius 3 is 3.12 bits per heavy atom. The van der Waals surface area contributed by atoms with Gasteiger partial charge in [-0.2, -0.15) is 0 Å². The number of rotatable bonds is 4. The average molecular weight is 232 g/mol. The fourth-order valence-electron chi connectivity index (χ4n) is 1.62. The second-order valence-corrected chi connectivity index (χ2v) is 4.21. The van der Waals surface area contributed by atoms with Crippen LogP contribution in [0.2, 0.25) is 0 Å². The van der Waals surface area contributed by atoms with Crippen molar-refractivity contribution in [2.45, 2.75) is 32.7 Å². The zero-order valence-electron chi connectivity index (χ0n) is 10.1. The van der Waals surface area contributed by atoms with E-state index in [9.17, 15) is 4.79 Å². The van der Waals surface area contributed by atoms with E-state index in [1.807, 2.05) is 32.0 Å². The second kappa shape index (κ2) is 4.99. The maximum atomic E-state index is 11.7. The Bertz CT molecular complexity index is 519. The van der Waals surface area contributed by atoms with Crippen molar-refractivity contribution in [2.24, 2.45) is 0 Å². The van der Waals surface area contributed by atoms with Gasteiger partial charge in [0.1, 0.15) is 5.52 Å². The first-order valence-corrected chi connectivity index (χ1v) is 5.80. The van der Waals surface area contributed by atoms with Crippen molar-refractivity contribution in [1.82, 2.24) is 10.3 Å². The molecule has 17 heavy (non-hydrogen) atoms. The molecule has 2 rings (SSSR count). The van der Waals surface area contributed by atoms with Gasteiger partial charge < -0.3 is 9.73 Å². The van der Waals surface area contributed by atoms with E-state index in [-0.39, 0.29) is 11.9 Å². The molecule has 1 aromatic carbocycles. The Labute approximate surface area is 100 Å². The molecule has 4 heteroatoms. The van der Waals surface area contributed by atoms with Gasteiger partial charge in [-0.1, -0.05) is 13.0 Å². The molecule has 0 radical (unpaired) electrons. The largest absolute Gasteiger partial charge is 0.443 e. The maximum Gasteiger partial charge on any atom is 0.224 e. The van der Waals surface area contributed by atoms with Gasteiger partial charge in [0, 0.05) is 6.04 Å². The van der Waals surface area contributed by atoms with Crippen molar-refractivity contribution < 1.29 is 9.21 Å². The number of hydrogen-bond donors (Lipinski definition) is 1. The number of aromatic nitrogens is 1. The van der Waals surface area contributed by atoms with Crippen LogP contribution in [0, 0.1) is 0 Å². The van der Waals surface area contributed by atoms with E-state index in [1.165, 1.54) is 6.39 Å². The predicted molar refractivity (Wildman–Crippen MR) is 65.6 cm³/mol. The summed E-state index contributed by atoms with van der Waals surface area (Å²) in [6.45, 7) is 4.04. The van der Waals surface area contributed by atoms with Crippen LogP contribution in [0.25, 0.3) is 11.1 Å². The molecule has 1 aromatic heterocycles. The molecule has 0 bridgehead atoms. The molecule has 0 fully saturated rings. The summed E-state index contributed by atoms with van der Waals surface area (Å²) in [5.74, 6) is 0.0400. The molecule has 2 aromatic rings. The zero-order valence-corrected chi connectivity index (χ0v) is 10.1. The summed E-state index contributed by atoms with van der Waals surface area (Å²) in [5.41, 5.74) is 2.48. The highest BCUT2D eigenvalue weighted by atomic mass is 16.3. The summed E-state index contributed by atoms with van der Waals surface area (Å²) >= 11 is 0. The molecule has 1 amide bonds. The van der Waals surface area contributed by atoms with E-state index < -0.39 is 0 Å². The molecule has 1 N–H and O–H groups in total. The minimum Gasteiger partial charge on any atom is -0.443 e. The first-order chi connectivity index (χ1) is 8.19. The number of fused-ring (bicyclic) bond motifs is 1. The van der Waals surface area contributed by atoms with E-state index >= 15 is 0 Å². The Hall–Kier alpha value is -1.84. The third-order valence-corrected chi connectivity index (χ3v) is 2.78. The minimum atomic E-state index is 0.0400. The third kappa shape index (κ3) is 2.84. The molecular weight excluding hydrogens is 216 g/mol. The van der Waals surface area contributed by atoms with Crippen LogP contribution in [0.1, 0.15) is 25.8 Å². The molecular formula is C13H16N2O2. The summed E-state index contributed by atoms with van der Waals surface area (Å²) in [5, 5.41) is 2.93. The van der Waals surface area contributed by atoms with E-state index in [0.29, 0.717) is 6.42 Å². The molecule has 0 aliphatic heterocycles. The molecule has 1 heterocycles. The number of benzene rings is 1. The van der Waals surface area contributed by atoms with Crippen LogP contribution >= 0.6 is 0 Å². The highest BCUT2D eigenvalue weighted by Crippen LogP contribution is 2.14. The topological polar surface area (TPSA) is 55.1 Å². The molecule has 1 atom stereocenters. The summed E-state index contributed by atoms with van der Waals surface area (Å²) < 4.78 is 5.20. The van der Waals surface area contributed by atoms with Crippen LogP contribution in [0.4, 0.5) is 0 Å². The Morgan fingerprint density at radius 2 is 2.35 bits per heavy atom. The molecule has 0 spiro atoms. The van der Waals surface area contributed by atoms with Gasteiger partial charge in [0.15, 0.2) is 12.0 Å². The number of hydrogen-bond acceptors (Lipinski definition) is 3. The molecule has 0 aliphatic carbocycles. The monoisotopic (exact) mass is 232 g/mol. The van der Waals surface area contributed by atoms with Gasteiger partial charge in [-0.3, -0.25) is 4.79 Å². The lowest BCUT2D eigenvalue weighted by Crippen LogP contribution is -2.33.